The summed E-state index contributed by atoms with van der Waals surface area (Å²) in [4.78, 5) is 115. The highest BCUT2D eigenvalue weighted by Crippen LogP contribution is 2.24. The van der Waals surface area contributed by atoms with Crippen molar-refractivity contribution in [2.45, 2.75) is 114 Å². The molecule has 2 heterocycles. The lowest BCUT2D eigenvalue weighted by atomic mass is 9.99. The van der Waals surface area contributed by atoms with Crippen molar-refractivity contribution in [3.8, 4) is 0 Å². The van der Waals surface area contributed by atoms with Gasteiger partial charge < -0.3 is 63.9 Å². The standard InChI is InChI=1S/C50H66N10O10S2/c1-28(2)41-48(67)57-39(24-32-25-53-35-19-11-10-18-33(32)35)46(65)54-36(20-12-13-21-51)44(63)60-42(29(3)61)49(68)56-37(22-30-14-6-4-7-15-30)45(64)58-40(50(69)70)27-72-71-26-34(52)43(62)55-38(47(66)59-41)23-31-16-8-5-9-17-31/h4-11,14-19,25,28-29,34,36-42,53,61H,12-13,20-24,26-27,51-52H2,1-3H3,(H,54,65)(H,55,62)(H,56,68)(H,57,67)(H,58,64)(H,59,66)(H,60,63)(H,69,70)/t29-,34+,36+,37+,38+,39-,40+,41+,42+/m1/s1. The molecule has 0 saturated carbocycles. The second-order valence-corrected chi connectivity index (χ2v) is 20.6. The summed E-state index contributed by atoms with van der Waals surface area (Å²) in [5.41, 5.74) is 14.8. The maximum Gasteiger partial charge on any atom is 0.327 e. The average molecular weight is 1030 g/mol. The topological polar surface area (TPSA) is 329 Å². The largest absolute Gasteiger partial charge is 0.480 e. The Morgan fingerprint density at radius 2 is 1.08 bits per heavy atom. The molecule has 1 aliphatic rings. The summed E-state index contributed by atoms with van der Waals surface area (Å²) in [6.07, 6.45) is 0.793. The third-order valence-corrected chi connectivity index (χ3v) is 14.4. The number of aromatic amines is 1. The van der Waals surface area contributed by atoms with Crippen LogP contribution in [-0.2, 0) is 57.6 Å². The summed E-state index contributed by atoms with van der Waals surface area (Å²) in [6, 6.07) is 13.9. The van der Waals surface area contributed by atoms with Gasteiger partial charge in [-0.3, -0.25) is 33.6 Å². The Labute approximate surface area is 425 Å². The van der Waals surface area contributed by atoms with Crippen LogP contribution in [-0.4, -0.2) is 135 Å². The summed E-state index contributed by atoms with van der Waals surface area (Å²) in [7, 11) is 2.08. The van der Waals surface area contributed by atoms with Crippen LogP contribution in [0.2, 0.25) is 0 Å². The van der Waals surface area contributed by atoms with E-state index in [1.54, 1.807) is 80.7 Å². The first-order valence-electron chi connectivity index (χ1n) is 23.8. The van der Waals surface area contributed by atoms with Gasteiger partial charge in [-0.05, 0) is 61.4 Å². The Kier molecular flexibility index (Phi) is 21.9. The predicted octanol–water partition coefficient (Wildman–Crippen LogP) is 0.562. The molecular weight excluding hydrogens is 965 g/mol. The highest BCUT2D eigenvalue weighted by molar-refractivity contribution is 8.76. The molecule has 1 fully saturated rings. The second kappa shape index (κ2) is 28.0. The fourth-order valence-corrected chi connectivity index (χ4v) is 10.2. The van der Waals surface area contributed by atoms with Gasteiger partial charge in [-0.15, -0.1) is 0 Å². The molecule has 0 unspecified atom stereocenters. The van der Waals surface area contributed by atoms with E-state index in [2.05, 4.69) is 42.2 Å². The van der Waals surface area contributed by atoms with E-state index in [0.29, 0.717) is 29.5 Å². The maximum atomic E-state index is 14.6. The van der Waals surface area contributed by atoms with Gasteiger partial charge >= 0.3 is 5.97 Å². The van der Waals surface area contributed by atoms with Gasteiger partial charge in [0, 0.05) is 47.9 Å². The first kappa shape index (κ1) is 56.5. The van der Waals surface area contributed by atoms with Crippen molar-refractivity contribution < 1.29 is 48.6 Å². The van der Waals surface area contributed by atoms with E-state index >= 15 is 0 Å². The van der Waals surface area contributed by atoms with Gasteiger partial charge in [0.2, 0.25) is 41.4 Å². The average Bonchev–Trinajstić information content (AvgIpc) is 3.76. The number of aliphatic hydroxyl groups excluding tert-OH is 1. The molecule has 388 valence electrons. The number of H-pyrrole nitrogens is 1. The van der Waals surface area contributed by atoms with Crippen LogP contribution in [0.3, 0.4) is 0 Å². The van der Waals surface area contributed by atoms with Crippen molar-refractivity contribution in [3.63, 3.8) is 0 Å². The van der Waals surface area contributed by atoms with Crippen molar-refractivity contribution in [2.75, 3.05) is 18.1 Å². The third kappa shape index (κ3) is 16.8. The molecule has 1 aliphatic heterocycles. The number of carbonyl (C=O) groups excluding carboxylic acids is 7. The molecule has 7 amide bonds. The first-order valence-corrected chi connectivity index (χ1v) is 26.3. The summed E-state index contributed by atoms with van der Waals surface area (Å²) in [5.74, 6) is -7.86. The number of unbranched alkanes of at least 4 members (excludes halogenated alkanes) is 1. The SMILES string of the molecule is CC(C)[C@@H]1NC(=O)[C@H](Cc2ccccc2)NC(=O)[C@@H](N)CSSC[C@@H](C(=O)O)NC(=O)[C@H](Cc2ccccc2)NC(=O)[C@H]([C@@H](C)O)NC(=O)[C@H](CCCCN)NC(=O)[C@@H](Cc2c[nH]c3ccccc23)NC1=O. The minimum Gasteiger partial charge on any atom is -0.480 e. The van der Waals surface area contributed by atoms with Crippen molar-refractivity contribution in [1.82, 2.24) is 42.2 Å². The minimum atomic E-state index is -1.68. The number of carboxylic acid groups (broad SMARTS) is 1. The molecule has 5 rings (SSSR count). The van der Waals surface area contributed by atoms with Crippen molar-refractivity contribution >= 4 is 79.8 Å². The van der Waals surface area contributed by atoms with Gasteiger partial charge in [0.25, 0.3) is 0 Å². The normalized spacial score (nSPS) is 24.5. The lowest BCUT2D eigenvalue weighted by Gasteiger charge is -2.29. The predicted molar refractivity (Wildman–Crippen MR) is 276 cm³/mol. The van der Waals surface area contributed by atoms with Crippen LogP contribution in [0.1, 0.15) is 56.7 Å². The Morgan fingerprint density at radius 1 is 0.597 bits per heavy atom. The molecule has 9 atom stereocenters. The third-order valence-electron chi connectivity index (χ3n) is 12.0. The van der Waals surface area contributed by atoms with Crippen LogP contribution in [0.15, 0.2) is 91.1 Å². The van der Waals surface area contributed by atoms with E-state index in [1.165, 1.54) is 6.92 Å². The van der Waals surface area contributed by atoms with Crippen LogP contribution in [0.25, 0.3) is 10.9 Å². The van der Waals surface area contributed by atoms with Gasteiger partial charge in [0.1, 0.15) is 42.3 Å². The molecule has 0 aliphatic carbocycles. The summed E-state index contributed by atoms with van der Waals surface area (Å²) < 4.78 is 0. The number of nitrogens with two attached hydrogens (primary N) is 2. The molecule has 1 aromatic heterocycles. The Hall–Kier alpha value is -6.46. The van der Waals surface area contributed by atoms with E-state index in [9.17, 15) is 48.6 Å². The van der Waals surface area contributed by atoms with Gasteiger partial charge in [0.15, 0.2) is 0 Å². The van der Waals surface area contributed by atoms with E-state index in [0.717, 1.165) is 32.5 Å². The van der Waals surface area contributed by atoms with Gasteiger partial charge in [0.05, 0.1) is 12.1 Å². The summed E-state index contributed by atoms with van der Waals surface area (Å²) in [6.45, 7) is 4.91. The number of nitrogens with one attached hydrogen (secondary N) is 8. The number of fused-ring (bicyclic) bond motifs is 1. The monoisotopic (exact) mass is 1030 g/mol. The smallest absolute Gasteiger partial charge is 0.327 e. The Balaban J connectivity index is 1.54. The summed E-state index contributed by atoms with van der Waals surface area (Å²) >= 11 is 0. The number of carboxylic acids is 1. The highest BCUT2D eigenvalue weighted by Gasteiger charge is 2.37. The number of amides is 7. The van der Waals surface area contributed by atoms with Crippen LogP contribution in [0.5, 0.6) is 0 Å². The van der Waals surface area contributed by atoms with Crippen LogP contribution < -0.4 is 48.7 Å². The molecule has 72 heavy (non-hydrogen) atoms. The molecule has 14 N–H and O–H groups in total. The first-order chi connectivity index (χ1) is 34.4. The highest BCUT2D eigenvalue weighted by atomic mass is 33.1. The number of benzene rings is 3. The molecule has 3 aromatic carbocycles. The zero-order chi connectivity index (χ0) is 52.3. The summed E-state index contributed by atoms with van der Waals surface area (Å²) in [5, 5.41) is 40.6. The fourth-order valence-electron chi connectivity index (χ4n) is 7.89. The maximum absolute atomic E-state index is 14.6. The van der Waals surface area contributed by atoms with Gasteiger partial charge in [-0.2, -0.15) is 0 Å². The number of carbonyl (C=O) groups is 8. The number of para-hydroxylation sites is 1. The van der Waals surface area contributed by atoms with E-state index in [4.69, 9.17) is 11.5 Å². The lowest BCUT2D eigenvalue weighted by molar-refractivity contribution is -0.141. The molecule has 0 spiro atoms. The number of hydrogen-bond acceptors (Lipinski definition) is 13. The van der Waals surface area contributed by atoms with E-state index in [-0.39, 0.29) is 43.7 Å². The zero-order valence-corrected chi connectivity index (χ0v) is 42.1. The van der Waals surface area contributed by atoms with Crippen LogP contribution in [0.4, 0.5) is 0 Å². The molecular formula is C50H66N10O10S2. The Morgan fingerprint density at radius 3 is 1.67 bits per heavy atom. The van der Waals surface area contributed by atoms with Crippen molar-refractivity contribution in [1.29, 1.82) is 0 Å². The molecule has 4 aromatic rings. The second-order valence-electron chi connectivity index (χ2n) is 18.0. The number of aromatic nitrogens is 1. The fraction of sp³-hybridized carbons (Fsp3) is 0.440. The van der Waals surface area contributed by atoms with E-state index in [1.807, 2.05) is 24.3 Å². The molecule has 0 radical (unpaired) electrons. The van der Waals surface area contributed by atoms with Crippen molar-refractivity contribution in [2.24, 2.45) is 17.4 Å². The number of rotatable bonds is 13. The van der Waals surface area contributed by atoms with Crippen molar-refractivity contribution in [3.05, 3.63) is 108 Å². The zero-order valence-electron chi connectivity index (χ0n) is 40.4. The van der Waals surface area contributed by atoms with Gasteiger partial charge in [-0.25, -0.2) is 4.79 Å². The minimum absolute atomic E-state index is 0.0142. The number of aliphatic carboxylic acids is 1. The van der Waals surface area contributed by atoms with Crippen LogP contribution >= 0.6 is 21.6 Å². The van der Waals surface area contributed by atoms with E-state index < -0.39 is 108 Å². The Bertz CT molecular complexity index is 2480. The molecule has 0 bridgehead atoms. The van der Waals surface area contributed by atoms with Crippen LogP contribution in [0, 0.1) is 5.92 Å². The van der Waals surface area contributed by atoms with Gasteiger partial charge in [-0.1, -0.05) is 114 Å². The molecule has 20 nitrogen and oxygen atoms in total. The lowest BCUT2D eigenvalue weighted by Crippen LogP contribution is -2.62. The number of aliphatic hydroxyl groups is 1. The number of hydrogen-bond donors (Lipinski definition) is 12. The quantitative estimate of drug-likeness (QED) is 0.0644. The molecule has 22 heteroatoms. The molecule has 1 saturated heterocycles.